The fourth-order valence-electron chi connectivity index (χ4n) is 4.38. The molecule has 0 aliphatic heterocycles. The molecule has 0 bridgehead atoms. The molecule has 7 heteroatoms. The molecule has 4 N–H and O–H groups in total. The Morgan fingerprint density at radius 3 is 2.49 bits per heavy atom. The van der Waals surface area contributed by atoms with Crippen LogP contribution >= 0.6 is 0 Å². The lowest BCUT2D eigenvalue weighted by atomic mass is 9.93. The number of rotatable bonds is 5. The van der Waals surface area contributed by atoms with Crippen LogP contribution in [0.1, 0.15) is 36.8 Å². The molecule has 0 unspecified atom stereocenters. The van der Waals surface area contributed by atoms with Gasteiger partial charge >= 0.3 is 5.91 Å². The minimum absolute atomic E-state index is 0.214. The zero-order valence-electron chi connectivity index (χ0n) is 20.7. The number of aromatic nitrogens is 2. The van der Waals surface area contributed by atoms with Gasteiger partial charge in [-0.25, -0.2) is 4.98 Å². The Balaban J connectivity index is 1.32. The molecule has 4 aromatic rings. The van der Waals surface area contributed by atoms with Crippen molar-refractivity contribution in [3.8, 4) is 11.8 Å². The molecule has 1 heterocycles. The highest BCUT2D eigenvalue weighted by Crippen LogP contribution is 2.28. The van der Waals surface area contributed by atoms with Gasteiger partial charge < -0.3 is 21.1 Å². The maximum Gasteiger partial charge on any atom is 0.300 e. The lowest BCUT2D eigenvalue weighted by molar-refractivity contribution is -0.111. The first-order chi connectivity index (χ1) is 18.0. The Morgan fingerprint density at radius 1 is 0.919 bits per heavy atom. The van der Waals surface area contributed by atoms with Gasteiger partial charge in [0.1, 0.15) is 5.82 Å². The summed E-state index contributed by atoms with van der Waals surface area (Å²) < 4.78 is 0. The van der Waals surface area contributed by atoms with Gasteiger partial charge in [-0.15, -0.1) is 0 Å². The van der Waals surface area contributed by atoms with Crippen molar-refractivity contribution < 1.29 is 9.90 Å². The van der Waals surface area contributed by atoms with Gasteiger partial charge in [0.15, 0.2) is 0 Å². The second-order valence-electron chi connectivity index (χ2n) is 9.34. The molecule has 186 valence electrons. The number of nitrogens with one attached hydrogen (secondary N) is 3. The monoisotopic (exact) mass is 491 g/mol. The van der Waals surface area contributed by atoms with E-state index in [4.69, 9.17) is 9.97 Å². The zero-order chi connectivity index (χ0) is 25.6. The number of para-hydroxylation sites is 1. The van der Waals surface area contributed by atoms with Crippen molar-refractivity contribution in [2.24, 2.45) is 0 Å². The number of hydrogen-bond acceptors (Lipinski definition) is 6. The maximum atomic E-state index is 12.4. The van der Waals surface area contributed by atoms with E-state index in [0.29, 0.717) is 17.5 Å². The summed E-state index contributed by atoms with van der Waals surface area (Å²) in [6, 6.07) is 23.2. The normalized spacial score (nSPS) is 16.9. The summed E-state index contributed by atoms with van der Waals surface area (Å²) in [6.07, 6.45) is 3.12. The van der Waals surface area contributed by atoms with Gasteiger partial charge in [0.05, 0.1) is 11.6 Å². The quantitative estimate of drug-likeness (QED) is 0.280. The number of aliphatic hydroxyl groups excluding tert-OH is 1. The third-order valence-electron chi connectivity index (χ3n) is 6.39. The van der Waals surface area contributed by atoms with E-state index < -0.39 is 0 Å². The van der Waals surface area contributed by atoms with Gasteiger partial charge in [0.2, 0.25) is 5.95 Å². The number of carbonyl (C=O) groups excluding carboxylic acids is 1. The number of fused-ring (bicyclic) bond motifs is 1. The number of benzene rings is 3. The van der Waals surface area contributed by atoms with Crippen molar-refractivity contribution in [1.29, 1.82) is 0 Å². The molecule has 1 aliphatic rings. The predicted octanol–water partition coefficient (Wildman–Crippen LogP) is 5.39. The van der Waals surface area contributed by atoms with Gasteiger partial charge in [0.25, 0.3) is 0 Å². The summed E-state index contributed by atoms with van der Waals surface area (Å²) in [4.78, 5) is 21.9. The molecule has 1 aliphatic carbocycles. The van der Waals surface area contributed by atoms with Crippen LogP contribution in [0.2, 0.25) is 0 Å². The van der Waals surface area contributed by atoms with E-state index in [0.717, 1.165) is 53.4 Å². The van der Waals surface area contributed by atoms with Crippen molar-refractivity contribution >= 4 is 40.0 Å². The molecule has 0 saturated heterocycles. The summed E-state index contributed by atoms with van der Waals surface area (Å²) in [5.74, 6) is 6.38. The molecule has 0 atom stereocenters. The average Bonchev–Trinajstić information content (AvgIpc) is 2.90. The topological polar surface area (TPSA) is 99.2 Å². The van der Waals surface area contributed by atoms with Crippen LogP contribution in [-0.4, -0.2) is 33.1 Å². The van der Waals surface area contributed by atoms with Crippen molar-refractivity contribution in [3.63, 3.8) is 0 Å². The Morgan fingerprint density at radius 2 is 1.68 bits per heavy atom. The molecule has 5 rings (SSSR count). The zero-order valence-corrected chi connectivity index (χ0v) is 20.7. The third-order valence-corrected chi connectivity index (χ3v) is 6.39. The van der Waals surface area contributed by atoms with Crippen molar-refractivity contribution in [3.05, 3.63) is 83.9 Å². The summed E-state index contributed by atoms with van der Waals surface area (Å²) in [6.45, 7) is 2.01. The van der Waals surface area contributed by atoms with Crippen LogP contribution in [0, 0.1) is 18.8 Å². The molecule has 7 nitrogen and oxygen atoms in total. The van der Waals surface area contributed by atoms with Gasteiger partial charge in [0, 0.05) is 34.3 Å². The fourth-order valence-corrected chi connectivity index (χ4v) is 4.38. The molecule has 1 amide bonds. The highest BCUT2D eigenvalue weighted by Gasteiger charge is 2.20. The summed E-state index contributed by atoms with van der Waals surface area (Å²) in [5, 5.41) is 20.4. The van der Waals surface area contributed by atoms with Crippen LogP contribution < -0.4 is 16.0 Å². The van der Waals surface area contributed by atoms with E-state index >= 15 is 0 Å². The summed E-state index contributed by atoms with van der Waals surface area (Å²) >= 11 is 0. The molecule has 0 spiro atoms. The second kappa shape index (κ2) is 11.1. The number of anilines is 4. The molecule has 3 aromatic carbocycles. The fraction of sp³-hybridized carbons (Fsp3) is 0.233. The molecular formula is C30H29N5O2. The Hall–Kier alpha value is -4.41. The number of aryl methyl sites for hydroxylation is 1. The lowest BCUT2D eigenvalue weighted by Crippen LogP contribution is -2.29. The van der Waals surface area contributed by atoms with Crippen LogP contribution in [0.5, 0.6) is 0 Å². The maximum absolute atomic E-state index is 12.4. The Kier molecular flexibility index (Phi) is 7.29. The van der Waals surface area contributed by atoms with Gasteiger partial charge in [-0.1, -0.05) is 41.8 Å². The molecule has 1 aromatic heterocycles. The van der Waals surface area contributed by atoms with E-state index in [1.165, 1.54) is 0 Å². The average molecular weight is 492 g/mol. The van der Waals surface area contributed by atoms with Crippen molar-refractivity contribution in [2.75, 3.05) is 16.0 Å². The summed E-state index contributed by atoms with van der Waals surface area (Å²) in [7, 11) is 0. The van der Waals surface area contributed by atoms with Gasteiger partial charge in [-0.05, 0) is 75.1 Å². The van der Waals surface area contributed by atoms with Crippen LogP contribution in [-0.2, 0) is 4.79 Å². The van der Waals surface area contributed by atoms with Gasteiger partial charge in [-0.2, -0.15) is 4.98 Å². The third kappa shape index (κ3) is 6.43. The first kappa shape index (κ1) is 24.3. The minimum Gasteiger partial charge on any atom is -0.393 e. The first-order valence-corrected chi connectivity index (χ1v) is 12.5. The summed E-state index contributed by atoms with van der Waals surface area (Å²) in [5.41, 5.74) is 4.17. The molecule has 1 saturated carbocycles. The number of carbonyl (C=O) groups is 1. The van der Waals surface area contributed by atoms with E-state index in [-0.39, 0.29) is 18.1 Å². The smallest absolute Gasteiger partial charge is 0.300 e. The largest absolute Gasteiger partial charge is 0.393 e. The van der Waals surface area contributed by atoms with E-state index in [1.807, 2.05) is 79.7 Å². The number of hydrogen-bond donors (Lipinski definition) is 4. The Bertz CT molecular complexity index is 1470. The number of nitrogens with zero attached hydrogens (tertiary/aromatic N) is 2. The van der Waals surface area contributed by atoms with Crippen LogP contribution in [0.4, 0.5) is 23.1 Å². The number of aliphatic hydroxyl groups is 1. The lowest BCUT2D eigenvalue weighted by Gasteiger charge is -2.26. The molecule has 0 radical (unpaired) electrons. The van der Waals surface area contributed by atoms with E-state index in [1.54, 1.807) is 0 Å². The highest BCUT2D eigenvalue weighted by molar-refractivity contribution is 6.04. The van der Waals surface area contributed by atoms with E-state index in [9.17, 15) is 9.90 Å². The predicted molar refractivity (Wildman–Crippen MR) is 148 cm³/mol. The van der Waals surface area contributed by atoms with Crippen molar-refractivity contribution in [2.45, 2.75) is 44.8 Å². The first-order valence-electron chi connectivity index (χ1n) is 12.5. The van der Waals surface area contributed by atoms with Crippen LogP contribution in [0.25, 0.3) is 10.9 Å². The number of amides is 1. The highest BCUT2D eigenvalue weighted by atomic mass is 16.3. The van der Waals surface area contributed by atoms with Crippen LogP contribution in [0.3, 0.4) is 0 Å². The molecule has 37 heavy (non-hydrogen) atoms. The van der Waals surface area contributed by atoms with E-state index in [2.05, 4.69) is 27.8 Å². The van der Waals surface area contributed by atoms with Crippen LogP contribution in [0.15, 0.2) is 72.8 Å². The SMILES string of the molecule is Cc1ccc(C#CC(=O)Nc2cccc(Nc3nc(NC4CCC(O)CC4)nc4ccccc34)c2)cc1. The Labute approximate surface area is 216 Å². The van der Waals surface area contributed by atoms with Crippen molar-refractivity contribution in [1.82, 2.24) is 9.97 Å². The molecule has 1 fully saturated rings. The van der Waals surface area contributed by atoms with Gasteiger partial charge in [-0.3, -0.25) is 4.79 Å². The second-order valence-corrected chi connectivity index (χ2v) is 9.34. The standard InChI is InChI=1S/C30H29N5O2/c1-20-9-11-21(12-10-20)13-18-28(37)31-23-5-4-6-24(19-23)32-29-26-7-2-3-8-27(26)34-30(35-29)33-22-14-16-25(36)17-15-22/h2-12,19,22,25,36H,14-17H2,1H3,(H,31,37)(H2,32,33,34,35). The molecular weight excluding hydrogens is 462 g/mol. The minimum atomic E-state index is -0.380.